The fourth-order valence-electron chi connectivity index (χ4n) is 1.65. The summed E-state index contributed by atoms with van der Waals surface area (Å²) in [4.78, 5) is 21.8. The van der Waals surface area contributed by atoms with Crippen molar-refractivity contribution in [3.8, 4) is 0 Å². The largest absolute Gasteiger partial charge is 0.468 e. The molecular weight excluding hydrogens is 311 g/mol. The highest BCUT2D eigenvalue weighted by molar-refractivity contribution is 7.99. The van der Waals surface area contributed by atoms with E-state index in [1.54, 1.807) is 25.3 Å². The van der Waals surface area contributed by atoms with Gasteiger partial charge in [0.1, 0.15) is 5.76 Å². The Kier molecular flexibility index (Phi) is 5.16. The molecule has 0 saturated heterocycles. The van der Waals surface area contributed by atoms with Crippen molar-refractivity contribution in [3.63, 3.8) is 0 Å². The quantitative estimate of drug-likeness (QED) is 0.648. The van der Waals surface area contributed by atoms with E-state index in [9.17, 15) is 19.3 Å². The zero-order valence-corrected chi connectivity index (χ0v) is 12.4. The van der Waals surface area contributed by atoms with E-state index >= 15 is 0 Å². The Bertz CT molecular complexity index is 675. The first-order chi connectivity index (χ1) is 10.5. The number of nitro benzene ring substituents is 1. The Morgan fingerprint density at radius 2 is 2.27 bits per heavy atom. The van der Waals surface area contributed by atoms with E-state index < -0.39 is 21.7 Å². The van der Waals surface area contributed by atoms with Crippen molar-refractivity contribution >= 4 is 29.0 Å². The van der Waals surface area contributed by atoms with Crippen LogP contribution in [0.5, 0.6) is 0 Å². The van der Waals surface area contributed by atoms with E-state index in [2.05, 4.69) is 5.32 Å². The van der Waals surface area contributed by atoms with E-state index in [1.807, 2.05) is 0 Å². The molecule has 1 N–H and O–H groups in total. The molecule has 1 amide bonds. The average Bonchev–Trinajstić information content (AvgIpc) is 2.99. The molecule has 0 spiro atoms. The van der Waals surface area contributed by atoms with Crippen LogP contribution in [-0.2, 0) is 10.5 Å². The van der Waals surface area contributed by atoms with Crippen LogP contribution in [-0.4, -0.2) is 16.1 Å². The molecule has 0 aliphatic rings. The van der Waals surface area contributed by atoms with Crippen molar-refractivity contribution in [1.82, 2.24) is 0 Å². The number of benzene rings is 1. The number of thioether (sulfide) groups is 1. The zero-order valence-electron chi connectivity index (χ0n) is 11.6. The normalized spacial score (nSPS) is 11.9. The number of nitro groups is 1. The third kappa shape index (κ3) is 4.08. The lowest BCUT2D eigenvalue weighted by Gasteiger charge is -2.11. The number of halogens is 1. The second-order valence-electron chi connectivity index (χ2n) is 4.45. The van der Waals surface area contributed by atoms with Gasteiger partial charge in [-0.05, 0) is 31.2 Å². The number of hydrogen-bond acceptors (Lipinski definition) is 5. The standard InChI is InChI=1S/C14H13FN2O4S/c1-9(22-8-11-3-2-6-21-11)14(18)16-10-4-5-12(15)13(7-10)17(19)20/h2-7,9H,8H2,1H3,(H,16,18)/t9-/m0/s1. The van der Waals surface area contributed by atoms with Gasteiger partial charge in [0.2, 0.25) is 11.7 Å². The minimum absolute atomic E-state index is 0.184. The molecule has 0 aliphatic carbocycles. The number of nitrogens with one attached hydrogen (secondary N) is 1. The highest BCUT2D eigenvalue weighted by atomic mass is 32.2. The molecule has 2 aromatic rings. The minimum atomic E-state index is -0.941. The maximum atomic E-state index is 13.2. The molecular formula is C14H13FN2O4S. The van der Waals surface area contributed by atoms with Gasteiger partial charge >= 0.3 is 5.69 Å². The third-order valence-electron chi connectivity index (χ3n) is 2.84. The lowest BCUT2D eigenvalue weighted by Crippen LogP contribution is -2.22. The van der Waals surface area contributed by atoms with Crippen molar-refractivity contribution in [1.29, 1.82) is 0 Å². The summed E-state index contributed by atoms with van der Waals surface area (Å²) >= 11 is 1.36. The number of furan rings is 1. The molecule has 1 aromatic carbocycles. The highest BCUT2D eigenvalue weighted by Crippen LogP contribution is 2.23. The maximum Gasteiger partial charge on any atom is 0.306 e. The zero-order chi connectivity index (χ0) is 16.1. The molecule has 0 fully saturated rings. The molecule has 0 radical (unpaired) electrons. The number of rotatable bonds is 6. The fraction of sp³-hybridized carbons (Fsp3) is 0.214. The van der Waals surface area contributed by atoms with Crippen LogP contribution in [0.4, 0.5) is 15.8 Å². The summed E-state index contributed by atoms with van der Waals surface area (Å²) in [6.45, 7) is 1.71. The van der Waals surface area contributed by atoms with Crippen molar-refractivity contribution < 1.29 is 18.5 Å². The highest BCUT2D eigenvalue weighted by Gasteiger charge is 2.18. The van der Waals surface area contributed by atoms with Crippen LogP contribution in [0.2, 0.25) is 0 Å². The molecule has 1 heterocycles. The summed E-state index contributed by atoms with van der Waals surface area (Å²) in [6.07, 6.45) is 1.55. The molecule has 22 heavy (non-hydrogen) atoms. The van der Waals surface area contributed by atoms with Crippen molar-refractivity contribution in [3.05, 3.63) is 58.3 Å². The van der Waals surface area contributed by atoms with Crippen molar-refractivity contribution in [2.24, 2.45) is 0 Å². The predicted molar refractivity (Wildman–Crippen MR) is 81.1 cm³/mol. The number of nitrogens with zero attached hydrogens (tertiary/aromatic N) is 1. The first kappa shape index (κ1) is 16.0. The molecule has 8 heteroatoms. The van der Waals surface area contributed by atoms with Gasteiger partial charge in [0, 0.05) is 11.8 Å². The van der Waals surface area contributed by atoms with Crippen LogP contribution in [0, 0.1) is 15.9 Å². The summed E-state index contributed by atoms with van der Waals surface area (Å²) in [5.41, 5.74) is -0.489. The van der Waals surface area contributed by atoms with Crippen molar-refractivity contribution in [2.75, 3.05) is 5.32 Å². The Balaban J connectivity index is 1.96. The number of anilines is 1. The monoisotopic (exact) mass is 324 g/mol. The summed E-state index contributed by atoms with van der Waals surface area (Å²) in [7, 11) is 0. The van der Waals surface area contributed by atoms with E-state index in [0.717, 1.165) is 17.9 Å². The van der Waals surface area contributed by atoms with Gasteiger partial charge in [-0.3, -0.25) is 14.9 Å². The molecule has 0 saturated carbocycles. The smallest absolute Gasteiger partial charge is 0.306 e. The van der Waals surface area contributed by atoms with Gasteiger partial charge in [-0.1, -0.05) is 0 Å². The minimum Gasteiger partial charge on any atom is -0.468 e. The SMILES string of the molecule is C[C@H](SCc1ccco1)C(=O)Nc1ccc(F)c([N+](=O)[O-])c1. The van der Waals surface area contributed by atoms with Gasteiger partial charge in [-0.2, -0.15) is 4.39 Å². The van der Waals surface area contributed by atoms with E-state index in [0.29, 0.717) is 5.75 Å². The Labute approximate surface area is 129 Å². The summed E-state index contributed by atoms with van der Waals surface area (Å²) in [5.74, 6) is 0.0216. The molecule has 0 unspecified atom stereocenters. The maximum absolute atomic E-state index is 13.2. The summed E-state index contributed by atoms with van der Waals surface area (Å²) in [5, 5.41) is 12.8. The first-order valence-corrected chi connectivity index (χ1v) is 7.41. The van der Waals surface area contributed by atoms with Gasteiger partial charge < -0.3 is 9.73 Å². The number of hydrogen-bond donors (Lipinski definition) is 1. The van der Waals surface area contributed by atoms with E-state index in [1.165, 1.54) is 17.8 Å². The average molecular weight is 324 g/mol. The van der Waals surface area contributed by atoms with Gasteiger partial charge in [-0.25, -0.2) is 0 Å². The van der Waals surface area contributed by atoms with Crippen LogP contribution in [0.3, 0.4) is 0 Å². The molecule has 0 bridgehead atoms. The number of amides is 1. The molecule has 0 aliphatic heterocycles. The molecule has 1 atom stereocenters. The lowest BCUT2D eigenvalue weighted by atomic mass is 10.2. The van der Waals surface area contributed by atoms with Gasteiger partial charge in [-0.15, -0.1) is 11.8 Å². The summed E-state index contributed by atoms with van der Waals surface area (Å²) < 4.78 is 18.4. The van der Waals surface area contributed by atoms with Gasteiger partial charge in [0.05, 0.1) is 22.2 Å². The fourth-order valence-corrected chi connectivity index (χ4v) is 2.44. The molecule has 1 aromatic heterocycles. The lowest BCUT2D eigenvalue weighted by molar-refractivity contribution is -0.387. The van der Waals surface area contributed by atoms with Crippen LogP contribution >= 0.6 is 11.8 Å². The predicted octanol–water partition coefficient (Wildman–Crippen LogP) is 3.59. The second kappa shape index (κ2) is 7.08. The third-order valence-corrected chi connectivity index (χ3v) is 4.00. The molecule has 2 rings (SSSR count). The number of carbonyl (C=O) groups is 1. The summed E-state index contributed by atoms with van der Waals surface area (Å²) in [6, 6.07) is 6.80. The van der Waals surface area contributed by atoms with Gasteiger partial charge in [0.25, 0.3) is 0 Å². The number of carbonyl (C=O) groups excluding carboxylic acids is 1. The Morgan fingerprint density at radius 1 is 1.50 bits per heavy atom. The Morgan fingerprint density at radius 3 is 2.91 bits per heavy atom. The van der Waals surface area contributed by atoms with Gasteiger partial charge in [0.15, 0.2) is 0 Å². The molecule has 116 valence electrons. The first-order valence-electron chi connectivity index (χ1n) is 6.36. The molecule has 6 nitrogen and oxygen atoms in total. The van der Waals surface area contributed by atoms with E-state index in [4.69, 9.17) is 4.42 Å². The Hall–Kier alpha value is -2.35. The topological polar surface area (TPSA) is 85.4 Å². The van der Waals surface area contributed by atoms with Crippen molar-refractivity contribution in [2.45, 2.75) is 17.9 Å². The second-order valence-corrected chi connectivity index (χ2v) is 5.77. The van der Waals surface area contributed by atoms with Crippen LogP contribution in [0.15, 0.2) is 41.0 Å². The van der Waals surface area contributed by atoms with Crippen LogP contribution in [0.1, 0.15) is 12.7 Å². The van der Waals surface area contributed by atoms with E-state index in [-0.39, 0.29) is 11.6 Å². The van der Waals surface area contributed by atoms with Crippen LogP contribution in [0.25, 0.3) is 0 Å². The van der Waals surface area contributed by atoms with Crippen LogP contribution < -0.4 is 5.32 Å².